The minimum atomic E-state index is -0.371. The van der Waals surface area contributed by atoms with Crippen molar-refractivity contribution in [3.8, 4) is 6.07 Å². The zero-order valence-corrected chi connectivity index (χ0v) is 14.2. The van der Waals surface area contributed by atoms with Gasteiger partial charge in [0, 0.05) is 31.6 Å². The molecule has 2 saturated heterocycles. The Bertz CT molecular complexity index is 655. The van der Waals surface area contributed by atoms with Gasteiger partial charge in [0.1, 0.15) is 5.82 Å². The van der Waals surface area contributed by atoms with Crippen LogP contribution in [-0.4, -0.2) is 40.9 Å². The van der Waals surface area contributed by atoms with E-state index in [-0.39, 0.29) is 17.8 Å². The Hall–Kier alpha value is -1.93. The van der Waals surface area contributed by atoms with Crippen molar-refractivity contribution in [1.82, 2.24) is 9.80 Å². The summed E-state index contributed by atoms with van der Waals surface area (Å²) in [5.74, 6) is -0.132. The quantitative estimate of drug-likeness (QED) is 0.853. The van der Waals surface area contributed by atoms with Crippen LogP contribution in [0.25, 0.3) is 0 Å². The molecule has 1 aromatic carbocycles. The van der Waals surface area contributed by atoms with Gasteiger partial charge in [0.25, 0.3) is 0 Å². The molecule has 0 saturated carbocycles. The van der Waals surface area contributed by atoms with E-state index in [2.05, 4.69) is 15.9 Å². The molecule has 2 aliphatic rings. The summed E-state index contributed by atoms with van der Waals surface area (Å²) in [5, 5.41) is 9.25. The highest BCUT2D eigenvalue weighted by molar-refractivity contribution is 5.76. The Morgan fingerprint density at radius 3 is 2.79 bits per heavy atom. The number of halogens is 1. The highest BCUT2D eigenvalue weighted by Gasteiger charge is 2.39. The Labute approximate surface area is 142 Å². The van der Waals surface area contributed by atoms with E-state index in [4.69, 9.17) is 0 Å². The molecule has 0 N–H and O–H groups in total. The fourth-order valence-electron chi connectivity index (χ4n) is 4.20. The summed E-state index contributed by atoms with van der Waals surface area (Å²) in [6, 6.07) is 7.17. The van der Waals surface area contributed by atoms with Gasteiger partial charge >= 0.3 is 0 Å². The third kappa shape index (κ3) is 3.29. The predicted octanol–water partition coefficient (Wildman–Crippen LogP) is 3.06. The second-order valence-electron chi connectivity index (χ2n) is 6.74. The van der Waals surface area contributed by atoms with Gasteiger partial charge < -0.3 is 4.90 Å². The summed E-state index contributed by atoms with van der Waals surface area (Å²) in [6.45, 7) is 4.40. The maximum absolute atomic E-state index is 13.3. The van der Waals surface area contributed by atoms with E-state index in [0.29, 0.717) is 24.6 Å². The minimum Gasteiger partial charge on any atom is -0.338 e. The molecule has 0 aliphatic carbocycles. The largest absolute Gasteiger partial charge is 0.338 e. The molecule has 2 atom stereocenters. The number of benzene rings is 1. The van der Waals surface area contributed by atoms with Gasteiger partial charge in [-0.2, -0.15) is 5.26 Å². The Morgan fingerprint density at radius 2 is 2.04 bits per heavy atom. The smallest absolute Gasteiger partial charge is 0.222 e. The van der Waals surface area contributed by atoms with Crippen LogP contribution < -0.4 is 0 Å². The minimum absolute atomic E-state index is 0.240. The third-order valence-corrected chi connectivity index (χ3v) is 5.35. The number of nitrogens with zero attached hydrogens (tertiary/aromatic N) is 3. The molecular formula is C19H24FN3O. The van der Waals surface area contributed by atoms with Crippen molar-refractivity contribution >= 4 is 5.91 Å². The van der Waals surface area contributed by atoms with Gasteiger partial charge in [-0.15, -0.1) is 0 Å². The number of carbonyl (C=O) groups excluding carboxylic acids is 1. The summed E-state index contributed by atoms with van der Waals surface area (Å²) in [6.07, 6.45) is 4.88. The number of carbonyl (C=O) groups is 1. The number of amides is 1. The highest BCUT2D eigenvalue weighted by atomic mass is 19.1. The Morgan fingerprint density at radius 1 is 1.29 bits per heavy atom. The van der Waals surface area contributed by atoms with E-state index in [9.17, 15) is 14.4 Å². The summed E-state index contributed by atoms with van der Waals surface area (Å²) in [7, 11) is 0. The van der Waals surface area contributed by atoms with Gasteiger partial charge in [-0.1, -0.05) is 13.0 Å². The first kappa shape index (κ1) is 16.9. The van der Waals surface area contributed by atoms with Gasteiger partial charge in [0.05, 0.1) is 11.6 Å². The van der Waals surface area contributed by atoms with Crippen LogP contribution in [0.1, 0.15) is 50.2 Å². The zero-order chi connectivity index (χ0) is 17.1. The predicted molar refractivity (Wildman–Crippen MR) is 89.6 cm³/mol. The number of hydrogen-bond acceptors (Lipinski definition) is 3. The van der Waals surface area contributed by atoms with Crippen molar-refractivity contribution < 1.29 is 9.18 Å². The van der Waals surface area contributed by atoms with Crippen molar-refractivity contribution in [2.45, 2.75) is 57.7 Å². The molecule has 1 aromatic rings. The second kappa shape index (κ2) is 7.31. The van der Waals surface area contributed by atoms with Crippen LogP contribution in [0, 0.1) is 17.1 Å². The molecule has 3 rings (SSSR count). The Kier molecular flexibility index (Phi) is 5.15. The molecule has 128 valence electrons. The van der Waals surface area contributed by atoms with E-state index in [0.717, 1.165) is 44.3 Å². The summed E-state index contributed by atoms with van der Waals surface area (Å²) in [5.41, 5.74) is 1.28. The lowest BCUT2D eigenvalue weighted by Crippen LogP contribution is -2.47. The topological polar surface area (TPSA) is 47.3 Å². The molecule has 2 fully saturated rings. The molecule has 0 spiro atoms. The van der Waals surface area contributed by atoms with E-state index < -0.39 is 0 Å². The van der Waals surface area contributed by atoms with Gasteiger partial charge in [0.2, 0.25) is 5.91 Å². The second-order valence-corrected chi connectivity index (χ2v) is 6.74. The molecule has 1 amide bonds. The first-order chi connectivity index (χ1) is 11.6. The number of likely N-dealkylation sites (tertiary alicyclic amines) is 2. The fraction of sp³-hybridized carbons (Fsp3) is 0.579. The van der Waals surface area contributed by atoms with Gasteiger partial charge in [-0.25, -0.2) is 4.39 Å². The maximum atomic E-state index is 13.3. The first-order valence-corrected chi connectivity index (χ1v) is 8.86. The lowest BCUT2D eigenvalue weighted by molar-refractivity contribution is -0.132. The van der Waals surface area contributed by atoms with Gasteiger partial charge in [0.15, 0.2) is 0 Å². The van der Waals surface area contributed by atoms with Crippen LogP contribution in [-0.2, 0) is 11.3 Å². The highest BCUT2D eigenvalue weighted by Crippen LogP contribution is 2.31. The monoisotopic (exact) mass is 329 g/mol. The SMILES string of the molecule is CCC(=O)N1CCC[C@H]1[C@@H]1CCCN1Cc1ccc(F)cc1C#N. The van der Waals surface area contributed by atoms with E-state index in [1.165, 1.54) is 12.1 Å². The molecule has 0 aromatic heterocycles. The molecule has 2 heterocycles. The first-order valence-electron chi connectivity index (χ1n) is 8.86. The summed E-state index contributed by atoms with van der Waals surface area (Å²) in [4.78, 5) is 16.6. The van der Waals surface area contributed by atoms with Crippen LogP contribution >= 0.6 is 0 Å². The van der Waals surface area contributed by atoms with Crippen molar-refractivity contribution in [2.75, 3.05) is 13.1 Å². The van der Waals surface area contributed by atoms with E-state index >= 15 is 0 Å². The lowest BCUT2D eigenvalue weighted by atomic mass is 10.0. The molecule has 2 aliphatic heterocycles. The molecule has 0 unspecified atom stereocenters. The van der Waals surface area contributed by atoms with E-state index in [1.54, 1.807) is 6.07 Å². The van der Waals surface area contributed by atoms with Crippen molar-refractivity contribution in [1.29, 1.82) is 5.26 Å². The number of rotatable bonds is 4. The van der Waals surface area contributed by atoms with Crippen molar-refractivity contribution in [3.05, 3.63) is 35.1 Å². The third-order valence-electron chi connectivity index (χ3n) is 5.35. The van der Waals surface area contributed by atoms with Crippen LogP contribution in [0.5, 0.6) is 0 Å². The molecule has 24 heavy (non-hydrogen) atoms. The molecule has 4 nitrogen and oxygen atoms in total. The average Bonchev–Trinajstić information content (AvgIpc) is 3.24. The molecule has 5 heteroatoms. The number of hydrogen-bond donors (Lipinski definition) is 0. The standard InChI is InChI=1S/C19H24FN3O/c1-2-19(24)23-10-4-6-18(23)17-5-3-9-22(17)13-14-7-8-16(20)11-15(14)12-21/h7-8,11,17-18H,2-6,9-10,13H2,1H3/t17-,18-/m0/s1. The maximum Gasteiger partial charge on any atom is 0.222 e. The van der Waals surface area contributed by atoms with Crippen molar-refractivity contribution in [2.24, 2.45) is 0 Å². The molecule has 0 radical (unpaired) electrons. The van der Waals surface area contributed by atoms with E-state index in [1.807, 2.05) is 6.92 Å². The van der Waals surface area contributed by atoms with Gasteiger partial charge in [-0.3, -0.25) is 9.69 Å². The molecule has 0 bridgehead atoms. The summed E-state index contributed by atoms with van der Waals surface area (Å²) < 4.78 is 13.3. The normalized spacial score (nSPS) is 24.3. The van der Waals surface area contributed by atoms with Crippen LogP contribution in [0.3, 0.4) is 0 Å². The average molecular weight is 329 g/mol. The fourth-order valence-corrected chi connectivity index (χ4v) is 4.20. The lowest BCUT2D eigenvalue weighted by Gasteiger charge is -2.35. The zero-order valence-electron chi connectivity index (χ0n) is 14.2. The van der Waals surface area contributed by atoms with Crippen molar-refractivity contribution in [3.63, 3.8) is 0 Å². The van der Waals surface area contributed by atoms with Gasteiger partial charge in [-0.05, 0) is 49.9 Å². The molecular weight excluding hydrogens is 305 g/mol. The Balaban J connectivity index is 1.77. The van der Waals surface area contributed by atoms with Crippen LogP contribution in [0.15, 0.2) is 18.2 Å². The van der Waals surface area contributed by atoms with Crippen LogP contribution in [0.4, 0.5) is 4.39 Å². The summed E-state index contributed by atoms with van der Waals surface area (Å²) >= 11 is 0. The van der Waals surface area contributed by atoms with Crippen LogP contribution in [0.2, 0.25) is 0 Å². The number of nitriles is 1.